The molecule has 0 aromatic heterocycles. The monoisotopic (exact) mass is 324 g/mol. The summed E-state index contributed by atoms with van der Waals surface area (Å²) in [7, 11) is 1.49. The number of rotatable bonds is 4. The van der Waals surface area contributed by atoms with E-state index in [0.29, 0.717) is 12.1 Å². The zero-order chi connectivity index (χ0) is 16.9. The first-order valence-electron chi connectivity index (χ1n) is 7.97. The zero-order valence-corrected chi connectivity index (χ0v) is 13.6. The number of benzene rings is 2. The SMILES string of the molecule is COCC(=O)Nc1ccc2c(c1)CCCN2C(=O)c1ccccc1. The Hall–Kier alpha value is -2.66. The van der Waals surface area contributed by atoms with Gasteiger partial charge < -0.3 is 15.0 Å². The predicted octanol–water partition coefficient (Wildman–Crippen LogP) is 2.86. The van der Waals surface area contributed by atoms with Crippen LogP contribution in [0.2, 0.25) is 0 Å². The minimum absolute atomic E-state index is 0.00715. The molecule has 2 aromatic carbocycles. The summed E-state index contributed by atoms with van der Waals surface area (Å²) < 4.78 is 4.82. The van der Waals surface area contributed by atoms with Crippen molar-refractivity contribution in [1.82, 2.24) is 0 Å². The Kier molecular flexibility index (Phi) is 4.91. The number of carbonyl (C=O) groups excluding carboxylic acids is 2. The van der Waals surface area contributed by atoms with Crippen LogP contribution in [-0.4, -0.2) is 32.1 Å². The highest BCUT2D eigenvalue weighted by Crippen LogP contribution is 2.30. The van der Waals surface area contributed by atoms with Crippen LogP contribution in [-0.2, 0) is 16.0 Å². The van der Waals surface area contributed by atoms with Gasteiger partial charge in [0.2, 0.25) is 5.91 Å². The number of hydrogen-bond donors (Lipinski definition) is 1. The summed E-state index contributed by atoms with van der Waals surface area (Å²) >= 11 is 0. The van der Waals surface area contributed by atoms with Crippen molar-refractivity contribution in [2.75, 3.05) is 30.5 Å². The Labute approximate surface area is 141 Å². The number of carbonyl (C=O) groups is 2. The van der Waals surface area contributed by atoms with Gasteiger partial charge in [-0.2, -0.15) is 0 Å². The van der Waals surface area contributed by atoms with E-state index in [1.807, 2.05) is 53.4 Å². The second-order valence-corrected chi connectivity index (χ2v) is 5.75. The average molecular weight is 324 g/mol. The molecular formula is C19H20N2O3. The maximum atomic E-state index is 12.7. The standard InChI is InChI=1S/C19H20N2O3/c1-24-13-18(22)20-16-9-10-17-15(12-16)8-5-11-21(17)19(23)14-6-3-2-4-7-14/h2-4,6-7,9-10,12H,5,8,11,13H2,1H3,(H,20,22). The maximum Gasteiger partial charge on any atom is 0.258 e. The van der Waals surface area contributed by atoms with Gasteiger partial charge in [-0.1, -0.05) is 18.2 Å². The minimum Gasteiger partial charge on any atom is -0.375 e. The number of fused-ring (bicyclic) bond motifs is 1. The highest BCUT2D eigenvalue weighted by atomic mass is 16.5. The van der Waals surface area contributed by atoms with E-state index in [4.69, 9.17) is 4.74 Å². The molecule has 0 saturated heterocycles. The van der Waals surface area contributed by atoms with E-state index < -0.39 is 0 Å². The minimum atomic E-state index is -0.189. The second-order valence-electron chi connectivity index (χ2n) is 5.75. The predicted molar refractivity (Wildman–Crippen MR) is 93.4 cm³/mol. The summed E-state index contributed by atoms with van der Waals surface area (Å²) in [5.74, 6) is -0.182. The molecule has 2 aromatic rings. The van der Waals surface area contributed by atoms with Crippen LogP contribution >= 0.6 is 0 Å². The Bertz CT molecular complexity index is 744. The Morgan fingerprint density at radius 3 is 2.71 bits per heavy atom. The molecule has 124 valence electrons. The molecule has 1 N–H and O–H groups in total. The van der Waals surface area contributed by atoms with Gasteiger partial charge in [0, 0.05) is 30.6 Å². The summed E-state index contributed by atoms with van der Waals surface area (Å²) in [6.07, 6.45) is 1.79. The van der Waals surface area contributed by atoms with Crippen molar-refractivity contribution in [3.63, 3.8) is 0 Å². The van der Waals surface area contributed by atoms with Gasteiger partial charge >= 0.3 is 0 Å². The van der Waals surface area contributed by atoms with Gasteiger partial charge in [-0.15, -0.1) is 0 Å². The third-order valence-corrected chi connectivity index (χ3v) is 4.02. The van der Waals surface area contributed by atoms with Crippen LogP contribution in [0.4, 0.5) is 11.4 Å². The van der Waals surface area contributed by atoms with Crippen LogP contribution in [0.1, 0.15) is 22.3 Å². The summed E-state index contributed by atoms with van der Waals surface area (Å²) in [4.78, 5) is 26.2. The number of hydrogen-bond acceptors (Lipinski definition) is 3. The van der Waals surface area contributed by atoms with Gasteiger partial charge in [0.05, 0.1) is 0 Å². The smallest absolute Gasteiger partial charge is 0.258 e. The molecule has 24 heavy (non-hydrogen) atoms. The Balaban J connectivity index is 1.83. The van der Waals surface area contributed by atoms with Crippen molar-refractivity contribution in [2.45, 2.75) is 12.8 Å². The summed E-state index contributed by atoms with van der Waals surface area (Å²) in [5, 5.41) is 2.80. The summed E-state index contributed by atoms with van der Waals surface area (Å²) in [5.41, 5.74) is 3.40. The molecule has 0 unspecified atom stereocenters. The lowest BCUT2D eigenvalue weighted by atomic mass is 10.00. The first kappa shape index (κ1) is 16.2. The van der Waals surface area contributed by atoms with E-state index in [0.717, 1.165) is 29.8 Å². The van der Waals surface area contributed by atoms with Crippen molar-refractivity contribution in [3.05, 3.63) is 59.7 Å². The fourth-order valence-electron chi connectivity index (χ4n) is 2.95. The van der Waals surface area contributed by atoms with E-state index >= 15 is 0 Å². The lowest BCUT2D eigenvalue weighted by Gasteiger charge is -2.30. The van der Waals surface area contributed by atoms with Crippen molar-refractivity contribution < 1.29 is 14.3 Å². The fourth-order valence-corrected chi connectivity index (χ4v) is 2.95. The van der Waals surface area contributed by atoms with Crippen LogP contribution in [0.25, 0.3) is 0 Å². The van der Waals surface area contributed by atoms with Crippen molar-refractivity contribution in [3.8, 4) is 0 Å². The third kappa shape index (κ3) is 3.46. The van der Waals surface area contributed by atoms with Gasteiger partial charge in [0.1, 0.15) is 6.61 Å². The molecular weight excluding hydrogens is 304 g/mol. The van der Waals surface area contributed by atoms with E-state index in [1.165, 1.54) is 7.11 Å². The number of amides is 2. The third-order valence-electron chi connectivity index (χ3n) is 4.02. The molecule has 2 amide bonds. The first-order chi connectivity index (χ1) is 11.7. The molecule has 5 heteroatoms. The first-order valence-corrected chi connectivity index (χ1v) is 7.97. The molecule has 0 saturated carbocycles. The molecule has 0 aliphatic carbocycles. The maximum absolute atomic E-state index is 12.7. The van der Waals surface area contributed by atoms with Crippen molar-refractivity contribution in [1.29, 1.82) is 0 Å². The van der Waals surface area contributed by atoms with Gasteiger partial charge in [-0.3, -0.25) is 9.59 Å². The number of aryl methyl sites for hydroxylation is 1. The van der Waals surface area contributed by atoms with Crippen LogP contribution in [0, 0.1) is 0 Å². The summed E-state index contributed by atoms with van der Waals surface area (Å²) in [6, 6.07) is 15.0. The van der Waals surface area contributed by atoms with Crippen molar-refractivity contribution >= 4 is 23.2 Å². The van der Waals surface area contributed by atoms with Crippen LogP contribution in [0.5, 0.6) is 0 Å². The Morgan fingerprint density at radius 2 is 1.96 bits per heavy atom. The highest BCUT2D eigenvalue weighted by Gasteiger charge is 2.23. The number of anilines is 2. The number of nitrogens with one attached hydrogen (secondary N) is 1. The lowest BCUT2D eigenvalue weighted by Crippen LogP contribution is -2.35. The number of ether oxygens (including phenoxy) is 1. The van der Waals surface area contributed by atoms with Gasteiger partial charge in [0.25, 0.3) is 5.91 Å². The fraction of sp³-hybridized carbons (Fsp3) is 0.263. The van der Waals surface area contributed by atoms with Gasteiger partial charge in [-0.25, -0.2) is 0 Å². The van der Waals surface area contributed by atoms with Crippen molar-refractivity contribution in [2.24, 2.45) is 0 Å². The van der Waals surface area contributed by atoms with E-state index in [9.17, 15) is 9.59 Å². The molecule has 0 atom stereocenters. The molecule has 3 rings (SSSR count). The van der Waals surface area contributed by atoms with E-state index in [2.05, 4.69) is 5.32 Å². The molecule has 0 bridgehead atoms. The lowest BCUT2D eigenvalue weighted by molar-refractivity contribution is -0.119. The molecule has 1 aliphatic rings. The van der Waals surface area contributed by atoms with Gasteiger partial charge in [-0.05, 0) is 48.7 Å². The molecule has 5 nitrogen and oxygen atoms in total. The average Bonchev–Trinajstić information content (AvgIpc) is 2.61. The van der Waals surface area contributed by atoms with Crippen LogP contribution in [0.3, 0.4) is 0 Å². The zero-order valence-electron chi connectivity index (χ0n) is 13.6. The van der Waals surface area contributed by atoms with Crippen LogP contribution in [0.15, 0.2) is 48.5 Å². The largest absolute Gasteiger partial charge is 0.375 e. The van der Waals surface area contributed by atoms with E-state index in [-0.39, 0.29) is 18.4 Å². The Morgan fingerprint density at radius 1 is 1.17 bits per heavy atom. The second kappa shape index (κ2) is 7.27. The molecule has 0 fully saturated rings. The molecule has 0 radical (unpaired) electrons. The highest BCUT2D eigenvalue weighted by molar-refractivity contribution is 6.07. The normalized spacial score (nSPS) is 13.3. The van der Waals surface area contributed by atoms with Gasteiger partial charge in [0.15, 0.2) is 0 Å². The topological polar surface area (TPSA) is 58.6 Å². The number of nitrogens with zero attached hydrogens (tertiary/aromatic N) is 1. The molecule has 1 aliphatic heterocycles. The van der Waals surface area contributed by atoms with Crippen LogP contribution < -0.4 is 10.2 Å². The number of methoxy groups -OCH3 is 1. The quantitative estimate of drug-likeness (QED) is 0.941. The summed E-state index contributed by atoms with van der Waals surface area (Å²) in [6.45, 7) is 0.728. The van der Waals surface area contributed by atoms with E-state index in [1.54, 1.807) is 0 Å². The molecule has 1 heterocycles. The molecule has 0 spiro atoms.